The lowest BCUT2D eigenvalue weighted by Crippen LogP contribution is -2.23. The lowest BCUT2D eigenvalue weighted by Gasteiger charge is -2.06. The fourth-order valence-electron chi connectivity index (χ4n) is 1.67. The molecule has 7 heteroatoms. The number of aromatic nitrogens is 2. The number of benzene rings is 1. The number of aromatic amines is 1. The Bertz CT molecular complexity index is 607. The molecule has 0 fully saturated rings. The molecule has 0 radical (unpaired) electrons. The van der Waals surface area contributed by atoms with Crippen LogP contribution in [0.4, 0.5) is 5.69 Å². The van der Waals surface area contributed by atoms with Crippen LogP contribution in [0.5, 0.6) is 0 Å². The molecule has 1 heterocycles. The molecule has 0 saturated carbocycles. The minimum Gasteiger partial charge on any atom is -0.348 e. The molecule has 0 unspecified atom stereocenters. The van der Waals surface area contributed by atoms with Crippen LogP contribution in [0.2, 0.25) is 0 Å². The highest BCUT2D eigenvalue weighted by Gasteiger charge is 2.13. The summed E-state index contributed by atoms with van der Waals surface area (Å²) < 4.78 is 0. The van der Waals surface area contributed by atoms with E-state index in [1.54, 1.807) is 19.3 Å². The zero-order valence-electron chi connectivity index (χ0n) is 10.2. The number of aryl methyl sites for hydroxylation is 1. The smallest absolute Gasteiger partial charge is 0.269 e. The summed E-state index contributed by atoms with van der Waals surface area (Å²) in [5.41, 5.74) is 1.82. The van der Waals surface area contributed by atoms with Gasteiger partial charge in [0.15, 0.2) is 0 Å². The predicted molar refractivity (Wildman–Crippen MR) is 67.6 cm³/mol. The Morgan fingerprint density at radius 2 is 2.32 bits per heavy atom. The third-order valence-corrected chi connectivity index (χ3v) is 2.67. The Hall–Kier alpha value is -2.70. The Morgan fingerprint density at radius 1 is 1.53 bits per heavy atom. The number of hydrogen-bond donors (Lipinski definition) is 2. The zero-order chi connectivity index (χ0) is 13.8. The van der Waals surface area contributed by atoms with Crippen LogP contribution in [0, 0.1) is 17.0 Å². The van der Waals surface area contributed by atoms with Gasteiger partial charge in [0.1, 0.15) is 0 Å². The second-order valence-electron chi connectivity index (χ2n) is 4.05. The highest BCUT2D eigenvalue weighted by Crippen LogP contribution is 2.17. The van der Waals surface area contributed by atoms with Gasteiger partial charge in [-0.25, -0.2) is 0 Å². The molecule has 0 saturated heterocycles. The molecule has 1 aromatic carbocycles. The second kappa shape index (κ2) is 5.30. The van der Waals surface area contributed by atoms with Crippen molar-refractivity contribution in [3.63, 3.8) is 0 Å². The van der Waals surface area contributed by atoms with Crippen LogP contribution in [0.3, 0.4) is 0 Å². The Kier molecular flexibility index (Phi) is 3.56. The number of amides is 1. The largest absolute Gasteiger partial charge is 0.348 e. The SMILES string of the molecule is Cc1cc([N+](=O)[O-])ccc1C(=O)NCc1cn[nH]c1. The van der Waals surface area contributed by atoms with E-state index < -0.39 is 4.92 Å². The normalized spacial score (nSPS) is 10.2. The topological polar surface area (TPSA) is 101 Å². The van der Waals surface area contributed by atoms with Gasteiger partial charge in [0, 0.05) is 36.0 Å². The van der Waals surface area contributed by atoms with Gasteiger partial charge in [0.25, 0.3) is 11.6 Å². The lowest BCUT2D eigenvalue weighted by molar-refractivity contribution is -0.384. The van der Waals surface area contributed by atoms with E-state index >= 15 is 0 Å². The van der Waals surface area contributed by atoms with E-state index in [1.165, 1.54) is 18.2 Å². The minimum absolute atomic E-state index is 0.0242. The predicted octanol–water partition coefficient (Wildman–Crippen LogP) is 1.56. The van der Waals surface area contributed by atoms with E-state index in [0.717, 1.165) is 5.56 Å². The summed E-state index contributed by atoms with van der Waals surface area (Å²) in [6.07, 6.45) is 3.30. The van der Waals surface area contributed by atoms with Crippen molar-refractivity contribution in [2.45, 2.75) is 13.5 Å². The molecule has 0 spiro atoms. The molecule has 1 amide bonds. The van der Waals surface area contributed by atoms with Crippen LogP contribution in [0.1, 0.15) is 21.5 Å². The maximum atomic E-state index is 11.9. The Balaban J connectivity index is 2.09. The van der Waals surface area contributed by atoms with Crippen molar-refractivity contribution in [2.24, 2.45) is 0 Å². The fourth-order valence-corrected chi connectivity index (χ4v) is 1.67. The molecule has 98 valence electrons. The number of rotatable bonds is 4. The average molecular weight is 260 g/mol. The first-order valence-corrected chi connectivity index (χ1v) is 5.59. The van der Waals surface area contributed by atoms with Crippen LogP contribution in [0.15, 0.2) is 30.6 Å². The molecule has 7 nitrogen and oxygen atoms in total. The monoisotopic (exact) mass is 260 g/mol. The summed E-state index contributed by atoms with van der Waals surface area (Å²) in [4.78, 5) is 22.1. The van der Waals surface area contributed by atoms with Crippen molar-refractivity contribution >= 4 is 11.6 Å². The third kappa shape index (κ3) is 2.95. The third-order valence-electron chi connectivity index (χ3n) is 2.67. The highest BCUT2D eigenvalue weighted by atomic mass is 16.6. The second-order valence-corrected chi connectivity index (χ2v) is 4.05. The Morgan fingerprint density at radius 3 is 2.89 bits per heavy atom. The summed E-state index contributed by atoms with van der Waals surface area (Å²) in [6.45, 7) is 2.02. The number of hydrogen-bond acceptors (Lipinski definition) is 4. The maximum absolute atomic E-state index is 11.9. The summed E-state index contributed by atoms with van der Waals surface area (Å²) in [5, 5.41) is 19.8. The van der Waals surface area contributed by atoms with Crippen molar-refractivity contribution in [1.29, 1.82) is 0 Å². The van der Waals surface area contributed by atoms with E-state index in [-0.39, 0.29) is 11.6 Å². The van der Waals surface area contributed by atoms with Crippen LogP contribution >= 0.6 is 0 Å². The van der Waals surface area contributed by atoms with Crippen molar-refractivity contribution in [1.82, 2.24) is 15.5 Å². The molecule has 0 aliphatic carbocycles. The zero-order valence-corrected chi connectivity index (χ0v) is 10.2. The van der Waals surface area contributed by atoms with Gasteiger partial charge in [-0.05, 0) is 18.6 Å². The van der Waals surface area contributed by atoms with Gasteiger partial charge in [-0.3, -0.25) is 20.0 Å². The first-order chi connectivity index (χ1) is 9.08. The molecule has 0 aliphatic heterocycles. The molecular weight excluding hydrogens is 248 g/mol. The molecule has 0 atom stereocenters. The van der Waals surface area contributed by atoms with Crippen LogP contribution in [-0.2, 0) is 6.54 Å². The van der Waals surface area contributed by atoms with Crippen LogP contribution in [0.25, 0.3) is 0 Å². The van der Waals surface area contributed by atoms with Gasteiger partial charge >= 0.3 is 0 Å². The quantitative estimate of drug-likeness (QED) is 0.643. The standard InChI is InChI=1S/C12H12N4O3/c1-8-4-10(16(18)19)2-3-11(8)12(17)13-5-9-6-14-15-7-9/h2-4,6-7H,5H2,1H3,(H,13,17)(H,14,15). The number of nitrogens with zero attached hydrogens (tertiary/aromatic N) is 2. The molecule has 2 aromatic rings. The van der Waals surface area contributed by atoms with Gasteiger partial charge < -0.3 is 5.32 Å². The first-order valence-electron chi connectivity index (χ1n) is 5.59. The fraction of sp³-hybridized carbons (Fsp3) is 0.167. The molecular formula is C12H12N4O3. The van der Waals surface area contributed by atoms with Gasteiger partial charge in [-0.15, -0.1) is 0 Å². The molecule has 2 N–H and O–H groups in total. The van der Waals surface area contributed by atoms with Gasteiger partial charge in [0.2, 0.25) is 0 Å². The van der Waals surface area contributed by atoms with Crippen molar-refractivity contribution in [3.05, 3.63) is 57.4 Å². The van der Waals surface area contributed by atoms with Crippen LogP contribution in [-0.4, -0.2) is 21.0 Å². The van der Waals surface area contributed by atoms with Gasteiger partial charge in [-0.1, -0.05) is 0 Å². The molecule has 0 bridgehead atoms. The molecule has 1 aromatic heterocycles. The van der Waals surface area contributed by atoms with E-state index in [4.69, 9.17) is 0 Å². The van der Waals surface area contributed by atoms with E-state index in [2.05, 4.69) is 15.5 Å². The number of carbonyl (C=O) groups excluding carboxylic acids is 1. The van der Waals surface area contributed by atoms with E-state index in [0.29, 0.717) is 17.7 Å². The van der Waals surface area contributed by atoms with Crippen molar-refractivity contribution in [3.8, 4) is 0 Å². The summed E-state index contributed by atoms with van der Waals surface area (Å²) in [5.74, 6) is -0.270. The highest BCUT2D eigenvalue weighted by molar-refractivity contribution is 5.95. The van der Waals surface area contributed by atoms with Crippen molar-refractivity contribution < 1.29 is 9.72 Å². The molecule has 2 rings (SSSR count). The van der Waals surface area contributed by atoms with Gasteiger partial charge in [0.05, 0.1) is 11.1 Å². The van der Waals surface area contributed by atoms with Gasteiger partial charge in [-0.2, -0.15) is 5.10 Å². The number of carbonyl (C=O) groups is 1. The number of nitro groups is 1. The summed E-state index contributed by atoms with van der Waals surface area (Å²) in [6, 6.07) is 4.16. The van der Waals surface area contributed by atoms with Crippen LogP contribution < -0.4 is 5.32 Å². The Labute approximate surface area is 108 Å². The number of H-pyrrole nitrogens is 1. The van der Waals surface area contributed by atoms with E-state index in [1.807, 2.05) is 0 Å². The summed E-state index contributed by atoms with van der Waals surface area (Å²) >= 11 is 0. The number of nitrogens with one attached hydrogen (secondary N) is 2. The minimum atomic E-state index is -0.486. The molecule has 0 aliphatic rings. The summed E-state index contributed by atoms with van der Waals surface area (Å²) in [7, 11) is 0. The molecule has 19 heavy (non-hydrogen) atoms. The lowest BCUT2D eigenvalue weighted by atomic mass is 10.1. The average Bonchev–Trinajstić information content (AvgIpc) is 2.88. The number of nitro benzene ring substituents is 1. The van der Waals surface area contributed by atoms with Crippen molar-refractivity contribution in [2.75, 3.05) is 0 Å². The first kappa shape index (κ1) is 12.7. The van der Waals surface area contributed by atoms with E-state index in [9.17, 15) is 14.9 Å². The number of non-ortho nitro benzene ring substituents is 1. The maximum Gasteiger partial charge on any atom is 0.269 e.